The minimum Gasteiger partial charge on any atom is -0.403 e. The monoisotopic (exact) mass is 446 g/mol. The Morgan fingerprint density at radius 1 is 1.12 bits per heavy atom. The molecule has 6 nitrogen and oxygen atoms in total. The number of hydrogen-bond acceptors (Lipinski definition) is 5. The largest absolute Gasteiger partial charge is 0.403 e. The predicted molar refractivity (Wildman–Crippen MR) is 123 cm³/mol. The highest BCUT2D eigenvalue weighted by Crippen LogP contribution is 2.38. The van der Waals surface area contributed by atoms with Crippen LogP contribution in [0.1, 0.15) is 28.4 Å². The molecule has 1 atom stereocenters. The Bertz CT molecular complexity index is 1290. The van der Waals surface area contributed by atoms with E-state index in [1.54, 1.807) is 36.4 Å². The van der Waals surface area contributed by atoms with Gasteiger partial charge in [0, 0.05) is 35.5 Å². The Hall–Kier alpha value is -3.69. The normalized spacial score (nSPS) is 15.1. The van der Waals surface area contributed by atoms with Crippen LogP contribution in [0.3, 0.4) is 0 Å². The molecule has 166 valence electrons. The maximum atomic E-state index is 14.7. The van der Waals surface area contributed by atoms with Crippen molar-refractivity contribution in [3.63, 3.8) is 0 Å². The minimum absolute atomic E-state index is 0.152. The minimum atomic E-state index is -1.87. The summed E-state index contributed by atoms with van der Waals surface area (Å²) in [6.45, 7) is 1.65. The molecule has 9 heteroatoms. The van der Waals surface area contributed by atoms with Crippen LogP contribution in [0.2, 0.25) is 0 Å². The zero-order valence-corrected chi connectivity index (χ0v) is 17.8. The number of nitrogens with two attached hydrogens (primary N) is 2. The van der Waals surface area contributed by atoms with E-state index in [2.05, 4.69) is 5.32 Å². The van der Waals surface area contributed by atoms with Crippen LogP contribution < -0.4 is 16.9 Å². The first kappa shape index (κ1) is 22.5. The molecule has 2 radical (unpaired) electrons. The quantitative estimate of drug-likeness (QED) is 0.209. The molecule has 6 N–H and O–H groups in total. The summed E-state index contributed by atoms with van der Waals surface area (Å²) < 4.78 is 28.3. The summed E-state index contributed by atoms with van der Waals surface area (Å²) in [4.78, 5) is 12.2. The second-order valence-corrected chi connectivity index (χ2v) is 7.96. The Morgan fingerprint density at radius 3 is 2.55 bits per heavy atom. The molecule has 0 spiro atoms. The van der Waals surface area contributed by atoms with E-state index >= 15 is 0 Å². The predicted octanol–water partition coefficient (Wildman–Crippen LogP) is 2.81. The van der Waals surface area contributed by atoms with E-state index in [4.69, 9.17) is 19.4 Å². The van der Waals surface area contributed by atoms with Crippen molar-refractivity contribution < 1.29 is 18.7 Å². The van der Waals surface area contributed by atoms with Crippen LogP contribution in [0.25, 0.3) is 28.0 Å². The highest BCUT2D eigenvalue weighted by Gasteiger charge is 2.25. The fourth-order valence-electron chi connectivity index (χ4n) is 3.85. The van der Waals surface area contributed by atoms with Gasteiger partial charge < -0.3 is 16.2 Å². The van der Waals surface area contributed by atoms with Gasteiger partial charge in [0.15, 0.2) is 0 Å². The Labute approximate surface area is 190 Å². The summed E-state index contributed by atoms with van der Waals surface area (Å²) in [5.41, 5.74) is 7.74. The number of amides is 1. The Morgan fingerprint density at radius 2 is 1.88 bits per heavy atom. The topological polar surface area (TPSA) is 105 Å². The van der Waals surface area contributed by atoms with Gasteiger partial charge in [-0.15, -0.1) is 0 Å². The number of nitrogens with one attached hydrogen (secondary N) is 1. The van der Waals surface area contributed by atoms with Gasteiger partial charge in [-0.2, -0.15) is 0 Å². The summed E-state index contributed by atoms with van der Waals surface area (Å²) in [6.07, 6.45) is 1.21. The van der Waals surface area contributed by atoms with Crippen molar-refractivity contribution in [2.75, 3.05) is 0 Å². The van der Waals surface area contributed by atoms with E-state index in [9.17, 15) is 18.7 Å². The molecule has 4 rings (SSSR count). The Balaban J connectivity index is 1.91. The molecule has 1 unspecified atom stereocenters. The van der Waals surface area contributed by atoms with E-state index in [-0.39, 0.29) is 17.2 Å². The van der Waals surface area contributed by atoms with Crippen LogP contribution in [-0.2, 0) is 6.54 Å². The SMILES string of the molecule is [B]C(C)(O)N(N)/C(=C\N)c1cccc(-c2cc3c(cc2-c2ccc(F)cc2F)C(=O)NC3)c1. The molecule has 0 saturated carbocycles. The van der Waals surface area contributed by atoms with Gasteiger partial charge in [-0.25, -0.2) is 14.6 Å². The lowest BCUT2D eigenvalue weighted by molar-refractivity contribution is 0.0180. The molecule has 1 amide bonds. The van der Waals surface area contributed by atoms with Crippen LogP contribution in [-0.4, -0.2) is 29.5 Å². The number of halogens is 2. The first-order valence-corrected chi connectivity index (χ1v) is 10.1. The molecule has 3 aromatic rings. The average Bonchev–Trinajstić information content (AvgIpc) is 3.13. The van der Waals surface area contributed by atoms with Crippen LogP contribution in [0.5, 0.6) is 0 Å². The fraction of sp³-hybridized carbons (Fsp3) is 0.125. The lowest BCUT2D eigenvalue weighted by atomic mass is 9.89. The number of carbonyl (C=O) groups is 1. The summed E-state index contributed by atoms with van der Waals surface area (Å²) in [6, 6.07) is 13.7. The van der Waals surface area contributed by atoms with Gasteiger partial charge in [-0.05, 0) is 59.5 Å². The first-order chi connectivity index (χ1) is 15.6. The maximum absolute atomic E-state index is 14.7. The van der Waals surface area contributed by atoms with Crippen molar-refractivity contribution in [1.29, 1.82) is 0 Å². The van der Waals surface area contributed by atoms with Gasteiger partial charge in [0.2, 0.25) is 0 Å². The van der Waals surface area contributed by atoms with Crippen LogP contribution in [0.4, 0.5) is 8.78 Å². The van der Waals surface area contributed by atoms with Crippen molar-refractivity contribution in [2.24, 2.45) is 11.6 Å². The third kappa shape index (κ3) is 4.20. The van der Waals surface area contributed by atoms with Crippen molar-refractivity contribution in [3.05, 3.63) is 89.1 Å². The van der Waals surface area contributed by atoms with Gasteiger partial charge in [0.05, 0.1) is 5.70 Å². The number of fused-ring (bicyclic) bond motifs is 1. The Kier molecular flexibility index (Phi) is 5.69. The molecule has 0 aliphatic carbocycles. The molecular formula is C24H21BF2N4O2. The number of hydrazine groups is 1. The van der Waals surface area contributed by atoms with Gasteiger partial charge in [0.25, 0.3) is 5.91 Å². The highest BCUT2D eigenvalue weighted by atomic mass is 19.1. The van der Waals surface area contributed by atoms with Gasteiger partial charge in [-0.3, -0.25) is 9.80 Å². The molecule has 0 aromatic heterocycles. The van der Waals surface area contributed by atoms with E-state index in [1.807, 2.05) is 0 Å². The number of aliphatic hydroxyl groups is 1. The lowest BCUT2D eigenvalue weighted by Gasteiger charge is -2.34. The summed E-state index contributed by atoms with van der Waals surface area (Å²) in [7, 11) is 5.69. The van der Waals surface area contributed by atoms with Crippen LogP contribution in [0.15, 0.2) is 60.8 Å². The van der Waals surface area contributed by atoms with Gasteiger partial charge in [0.1, 0.15) is 25.1 Å². The molecule has 1 aliphatic heterocycles. The number of carbonyl (C=O) groups excluding carboxylic acids is 1. The standard InChI is InChI=1S/C24H21BF2N4O2/c1-24(25,33)31(29)22(11-28)14-4-2-3-13(7-14)18-8-15-12-30-23(32)19(15)10-20(18)17-6-5-16(26)9-21(17)27/h2-11,33H,12,28-29H2,1H3,(H,30,32)/b22-11-. The molecule has 0 saturated heterocycles. The van der Waals surface area contributed by atoms with Crippen molar-refractivity contribution in [2.45, 2.75) is 19.1 Å². The zero-order chi connectivity index (χ0) is 23.9. The lowest BCUT2D eigenvalue weighted by Crippen LogP contribution is -2.50. The number of nitrogens with zero attached hydrogens (tertiary/aromatic N) is 1. The highest BCUT2D eigenvalue weighted by molar-refractivity contribution is 6.14. The number of hydrogen-bond donors (Lipinski definition) is 4. The maximum Gasteiger partial charge on any atom is 0.251 e. The van der Waals surface area contributed by atoms with Crippen molar-refractivity contribution in [3.8, 4) is 22.3 Å². The molecule has 33 heavy (non-hydrogen) atoms. The molecular weight excluding hydrogens is 425 g/mol. The molecule has 1 heterocycles. The fourth-order valence-corrected chi connectivity index (χ4v) is 3.85. The third-order valence-electron chi connectivity index (χ3n) is 5.52. The second kappa shape index (κ2) is 8.34. The van der Waals surface area contributed by atoms with Crippen LogP contribution in [0, 0.1) is 11.6 Å². The number of rotatable bonds is 5. The third-order valence-corrected chi connectivity index (χ3v) is 5.52. The second-order valence-electron chi connectivity index (χ2n) is 7.96. The summed E-state index contributed by atoms with van der Waals surface area (Å²) in [5, 5.41) is 13.8. The van der Waals surface area contributed by atoms with E-state index in [1.165, 1.54) is 19.2 Å². The van der Waals surface area contributed by atoms with Gasteiger partial charge >= 0.3 is 0 Å². The molecule has 1 aliphatic rings. The van der Waals surface area contributed by atoms with Crippen molar-refractivity contribution >= 4 is 19.5 Å². The van der Waals surface area contributed by atoms with Crippen molar-refractivity contribution in [1.82, 2.24) is 10.3 Å². The zero-order valence-electron chi connectivity index (χ0n) is 17.8. The van der Waals surface area contributed by atoms with Crippen LogP contribution >= 0.6 is 0 Å². The smallest absolute Gasteiger partial charge is 0.251 e. The average molecular weight is 446 g/mol. The molecule has 0 bridgehead atoms. The summed E-state index contributed by atoms with van der Waals surface area (Å²) in [5.74, 6) is 4.24. The molecule has 3 aromatic carbocycles. The number of benzene rings is 3. The van der Waals surface area contributed by atoms with E-state index < -0.39 is 17.3 Å². The van der Waals surface area contributed by atoms with E-state index in [0.717, 1.165) is 22.7 Å². The van der Waals surface area contributed by atoms with Gasteiger partial charge in [-0.1, -0.05) is 18.2 Å². The first-order valence-electron chi connectivity index (χ1n) is 10.1. The molecule has 0 fully saturated rings. The van der Waals surface area contributed by atoms with E-state index in [0.29, 0.717) is 34.4 Å². The summed E-state index contributed by atoms with van der Waals surface area (Å²) >= 11 is 0.